The van der Waals surface area contributed by atoms with E-state index in [1.807, 2.05) is 42.2 Å². The van der Waals surface area contributed by atoms with Crippen molar-refractivity contribution >= 4 is 17.5 Å². The smallest absolute Gasteiger partial charge is 0.223 e. The first-order chi connectivity index (χ1) is 12.4. The molecule has 0 saturated carbocycles. The van der Waals surface area contributed by atoms with Crippen molar-refractivity contribution in [3.05, 3.63) is 83.2 Å². The Labute approximate surface area is 159 Å². The van der Waals surface area contributed by atoms with Gasteiger partial charge in [-0.25, -0.2) is 4.39 Å². The molecule has 2 aromatic rings. The molecule has 0 bridgehead atoms. The van der Waals surface area contributed by atoms with E-state index in [9.17, 15) is 9.18 Å². The van der Waals surface area contributed by atoms with Gasteiger partial charge in [0.2, 0.25) is 5.91 Å². The van der Waals surface area contributed by atoms with Gasteiger partial charge >= 0.3 is 0 Å². The molecule has 0 aromatic heterocycles. The lowest BCUT2D eigenvalue weighted by Crippen LogP contribution is -2.47. The molecule has 1 heterocycles. The van der Waals surface area contributed by atoms with Crippen molar-refractivity contribution in [3.63, 3.8) is 0 Å². The molecule has 1 fully saturated rings. The third-order valence-corrected chi connectivity index (χ3v) is 5.70. The number of amides is 1. The number of benzene rings is 2. The number of hydrogen-bond acceptors (Lipinski definition) is 1. The molecule has 1 aliphatic heterocycles. The summed E-state index contributed by atoms with van der Waals surface area (Å²) in [6.45, 7) is 6.57. The molecule has 0 unspecified atom stereocenters. The maximum atomic E-state index is 13.3. The summed E-state index contributed by atoms with van der Waals surface area (Å²) >= 11 is 5.97. The molecular weight excluding hydrogens is 349 g/mol. The van der Waals surface area contributed by atoms with Crippen LogP contribution in [0.2, 0.25) is 5.02 Å². The van der Waals surface area contributed by atoms with Crippen LogP contribution in [0.4, 0.5) is 4.39 Å². The van der Waals surface area contributed by atoms with Crippen LogP contribution in [0.15, 0.2) is 61.2 Å². The van der Waals surface area contributed by atoms with Crippen LogP contribution >= 0.6 is 11.6 Å². The summed E-state index contributed by atoms with van der Waals surface area (Å²) in [5.41, 5.74) is 1.77. The van der Waals surface area contributed by atoms with Crippen LogP contribution in [0.1, 0.15) is 43.4 Å². The summed E-state index contributed by atoms with van der Waals surface area (Å²) < 4.78 is 13.3. The minimum atomic E-state index is -0.303. The average molecular weight is 372 g/mol. The van der Waals surface area contributed by atoms with E-state index in [4.69, 9.17) is 11.6 Å². The first-order valence-corrected chi connectivity index (χ1v) is 9.25. The molecular formula is C22H23ClFNO. The number of piperidine rings is 1. The molecule has 1 saturated heterocycles. The molecule has 0 N–H and O–H groups in total. The molecule has 0 radical (unpaired) electrons. The Hall–Kier alpha value is -2.13. The van der Waals surface area contributed by atoms with E-state index in [-0.39, 0.29) is 23.2 Å². The molecule has 2 atom stereocenters. The average Bonchev–Trinajstić information content (AvgIpc) is 2.63. The van der Waals surface area contributed by atoms with Gasteiger partial charge in [-0.1, -0.05) is 41.9 Å². The van der Waals surface area contributed by atoms with Gasteiger partial charge in [-0.15, -0.1) is 6.58 Å². The molecule has 4 heteroatoms. The zero-order valence-corrected chi connectivity index (χ0v) is 15.7. The number of hydrogen-bond donors (Lipinski definition) is 0. The predicted octanol–water partition coefficient (Wildman–Crippen LogP) is 5.68. The summed E-state index contributed by atoms with van der Waals surface area (Å²) in [7, 11) is 0. The molecule has 0 aliphatic carbocycles. The van der Waals surface area contributed by atoms with Crippen molar-refractivity contribution in [1.82, 2.24) is 4.90 Å². The van der Waals surface area contributed by atoms with Gasteiger partial charge in [0.25, 0.3) is 0 Å². The van der Waals surface area contributed by atoms with E-state index in [0.717, 1.165) is 17.5 Å². The highest BCUT2D eigenvalue weighted by molar-refractivity contribution is 6.30. The van der Waals surface area contributed by atoms with Crippen LogP contribution in [0.25, 0.3) is 0 Å². The predicted molar refractivity (Wildman–Crippen MR) is 104 cm³/mol. The Morgan fingerprint density at radius 1 is 1.23 bits per heavy atom. The minimum Gasteiger partial charge on any atom is -0.336 e. The van der Waals surface area contributed by atoms with E-state index in [0.29, 0.717) is 24.4 Å². The number of halogens is 2. The van der Waals surface area contributed by atoms with Gasteiger partial charge in [0.05, 0.1) is 6.04 Å². The van der Waals surface area contributed by atoms with E-state index in [1.165, 1.54) is 12.1 Å². The highest BCUT2D eigenvalue weighted by atomic mass is 35.5. The first-order valence-electron chi connectivity index (χ1n) is 8.87. The maximum Gasteiger partial charge on any atom is 0.223 e. The third kappa shape index (κ3) is 3.68. The van der Waals surface area contributed by atoms with Crippen molar-refractivity contribution in [2.45, 2.75) is 37.6 Å². The summed E-state index contributed by atoms with van der Waals surface area (Å²) in [4.78, 5) is 14.9. The van der Waals surface area contributed by atoms with Gasteiger partial charge in [0, 0.05) is 23.4 Å². The Kier molecular flexibility index (Phi) is 5.47. The molecule has 26 heavy (non-hydrogen) atoms. The largest absolute Gasteiger partial charge is 0.336 e. The molecule has 2 nitrogen and oxygen atoms in total. The standard InChI is InChI=1S/C22H23ClFNO/c1-3-12-22(18-6-10-20(24)11-7-18)13-14-25(21(26)15-22)16(2)17-4-8-19(23)9-5-17/h3-11,16H,1,12-15H2,2H3/t16-,22-/m0/s1. The second-order valence-electron chi connectivity index (χ2n) is 7.02. The van der Waals surface area contributed by atoms with Crippen LogP contribution in [0, 0.1) is 5.82 Å². The van der Waals surface area contributed by atoms with Gasteiger partial charge in [-0.2, -0.15) is 0 Å². The van der Waals surface area contributed by atoms with E-state index < -0.39 is 0 Å². The lowest BCUT2D eigenvalue weighted by atomic mass is 9.70. The van der Waals surface area contributed by atoms with Crippen molar-refractivity contribution < 1.29 is 9.18 Å². The Morgan fingerprint density at radius 2 is 1.88 bits per heavy atom. The number of rotatable bonds is 5. The van der Waals surface area contributed by atoms with Gasteiger partial charge in [-0.3, -0.25) is 4.79 Å². The van der Waals surface area contributed by atoms with Crippen molar-refractivity contribution in [2.75, 3.05) is 6.54 Å². The topological polar surface area (TPSA) is 20.3 Å². The van der Waals surface area contributed by atoms with Crippen LogP contribution in [-0.4, -0.2) is 17.4 Å². The fourth-order valence-corrected chi connectivity index (χ4v) is 4.01. The summed E-state index contributed by atoms with van der Waals surface area (Å²) in [5, 5.41) is 0.687. The zero-order valence-electron chi connectivity index (χ0n) is 14.9. The molecule has 1 aliphatic rings. The number of allylic oxidation sites excluding steroid dienone is 1. The second kappa shape index (κ2) is 7.63. The highest BCUT2D eigenvalue weighted by Gasteiger charge is 2.40. The number of likely N-dealkylation sites (tertiary alicyclic amines) is 1. The summed E-state index contributed by atoms with van der Waals surface area (Å²) in [6.07, 6.45) is 3.79. The minimum absolute atomic E-state index is 0.00489. The van der Waals surface area contributed by atoms with Gasteiger partial charge in [0.1, 0.15) is 5.82 Å². The summed E-state index contributed by atoms with van der Waals surface area (Å²) in [6, 6.07) is 14.1. The molecule has 3 rings (SSSR count). The first kappa shape index (κ1) is 18.7. The summed E-state index contributed by atoms with van der Waals surface area (Å²) in [5.74, 6) is -0.146. The molecule has 136 valence electrons. The van der Waals surface area contributed by atoms with Gasteiger partial charge < -0.3 is 4.90 Å². The van der Waals surface area contributed by atoms with Crippen molar-refractivity contribution in [1.29, 1.82) is 0 Å². The van der Waals surface area contributed by atoms with E-state index in [1.54, 1.807) is 12.1 Å². The van der Waals surface area contributed by atoms with Gasteiger partial charge in [-0.05, 0) is 55.2 Å². The van der Waals surface area contributed by atoms with Crippen LogP contribution < -0.4 is 0 Å². The Balaban J connectivity index is 1.83. The quantitative estimate of drug-likeness (QED) is 0.619. The highest BCUT2D eigenvalue weighted by Crippen LogP contribution is 2.41. The molecule has 0 spiro atoms. The van der Waals surface area contributed by atoms with E-state index >= 15 is 0 Å². The fraction of sp³-hybridized carbons (Fsp3) is 0.318. The zero-order chi connectivity index (χ0) is 18.7. The van der Waals surface area contributed by atoms with Crippen LogP contribution in [0.3, 0.4) is 0 Å². The lowest BCUT2D eigenvalue weighted by molar-refractivity contribution is -0.138. The fourth-order valence-electron chi connectivity index (χ4n) is 3.89. The molecule has 2 aromatic carbocycles. The van der Waals surface area contributed by atoms with Crippen molar-refractivity contribution in [3.8, 4) is 0 Å². The van der Waals surface area contributed by atoms with Crippen LogP contribution in [-0.2, 0) is 10.2 Å². The number of carbonyl (C=O) groups excluding carboxylic acids is 1. The monoisotopic (exact) mass is 371 g/mol. The lowest BCUT2D eigenvalue weighted by Gasteiger charge is -2.43. The number of carbonyl (C=O) groups is 1. The third-order valence-electron chi connectivity index (χ3n) is 5.45. The molecule has 1 amide bonds. The maximum absolute atomic E-state index is 13.3. The normalized spacial score (nSPS) is 21.5. The van der Waals surface area contributed by atoms with Crippen LogP contribution in [0.5, 0.6) is 0 Å². The SMILES string of the molecule is C=CC[C@]1(c2ccc(F)cc2)CCN([C@@H](C)c2ccc(Cl)cc2)C(=O)C1. The van der Waals surface area contributed by atoms with E-state index in [2.05, 4.69) is 6.58 Å². The Bertz CT molecular complexity index is 787. The van der Waals surface area contributed by atoms with Crippen molar-refractivity contribution in [2.24, 2.45) is 0 Å². The Morgan fingerprint density at radius 3 is 2.46 bits per heavy atom. The number of nitrogens with zero attached hydrogens (tertiary/aromatic N) is 1. The van der Waals surface area contributed by atoms with Gasteiger partial charge in [0.15, 0.2) is 0 Å². The second-order valence-corrected chi connectivity index (χ2v) is 7.46.